The van der Waals surface area contributed by atoms with Crippen LogP contribution in [0.4, 0.5) is 0 Å². The van der Waals surface area contributed by atoms with Gasteiger partial charge in [-0.15, -0.1) is 0 Å². The lowest BCUT2D eigenvalue weighted by atomic mass is 9.94. The van der Waals surface area contributed by atoms with E-state index in [0.717, 1.165) is 0 Å². The Labute approximate surface area is 114 Å². The molecule has 1 N–H and O–H groups in total. The van der Waals surface area contributed by atoms with Crippen LogP contribution in [0.2, 0.25) is 0 Å². The summed E-state index contributed by atoms with van der Waals surface area (Å²) >= 11 is 0. The van der Waals surface area contributed by atoms with Gasteiger partial charge in [-0.3, -0.25) is 4.79 Å². The number of ether oxygens (including phenoxy) is 2. The zero-order chi connectivity index (χ0) is 15.3. The van der Waals surface area contributed by atoms with Crippen LogP contribution in [0, 0.1) is 10.8 Å². The third-order valence-electron chi connectivity index (χ3n) is 2.48. The molecular weight excluding hydrogens is 248 g/mol. The smallest absolute Gasteiger partial charge is 0.333 e. The van der Waals surface area contributed by atoms with E-state index >= 15 is 0 Å². The zero-order valence-corrected chi connectivity index (χ0v) is 12.4. The molecule has 0 radical (unpaired) electrons. The van der Waals surface area contributed by atoms with E-state index in [9.17, 15) is 9.59 Å². The van der Waals surface area contributed by atoms with Gasteiger partial charge in [0.25, 0.3) is 0 Å². The maximum atomic E-state index is 11.7. The van der Waals surface area contributed by atoms with E-state index in [4.69, 9.17) is 14.6 Å². The second-order valence-corrected chi connectivity index (χ2v) is 6.14. The van der Waals surface area contributed by atoms with Crippen molar-refractivity contribution >= 4 is 11.9 Å². The average molecular weight is 272 g/mol. The van der Waals surface area contributed by atoms with Crippen molar-refractivity contribution in [3.63, 3.8) is 0 Å². The van der Waals surface area contributed by atoms with Crippen LogP contribution in [-0.4, -0.2) is 36.9 Å². The summed E-state index contributed by atoms with van der Waals surface area (Å²) in [7, 11) is 0. The molecule has 0 heterocycles. The first-order chi connectivity index (χ1) is 8.52. The van der Waals surface area contributed by atoms with Gasteiger partial charge in [-0.05, 0) is 20.8 Å². The van der Waals surface area contributed by atoms with Crippen LogP contribution >= 0.6 is 0 Å². The summed E-state index contributed by atoms with van der Waals surface area (Å²) in [6, 6.07) is 0. The van der Waals surface area contributed by atoms with Crippen LogP contribution in [0.1, 0.15) is 34.6 Å². The Kier molecular flexibility index (Phi) is 6.22. The fraction of sp³-hybridized carbons (Fsp3) is 0.714. The van der Waals surface area contributed by atoms with Crippen molar-refractivity contribution in [2.45, 2.75) is 34.6 Å². The summed E-state index contributed by atoms with van der Waals surface area (Å²) in [5.74, 6) is -0.940. The summed E-state index contributed by atoms with van der Waals surface area (Å²) in [6.07, 6.45) is 0. The van der Waals surface area contributed by atoms with Crippen LogP contribution in [0.5, 0.6) is 0 Å². The highest BCUT2D eigenvalue weighted by Crippen LogP contribution is 2.21. The van der Waals surface area contributed by atoms with Gasteiger partial charge in [-0.25, -0.2) is 4.79 Å². The minimum atomic E-state index is -0.926. The second kappa shape index (κ2) is 6.70. The molecule has 0 rings (SSSR count). The minimum Gasteiger partial charge on any atom is -0.465 e. The quantitative estimate of drug-likeness (QED) is 0.564. The molecule has 19 heavy (non-hydrogen) atoms. The first kappa shape index (κ1) is 17.6. The SMILES string of the molecule is C=C(C)C(=O)OCC(C)(C)COC(=O)C(C)(C)CO. The minimum absolute atomic E-state index is 0.110. The molecule has 0 aromatic rings. The Hall–Kier alpha value is -1.36. The summed E-state index contributed by atoms with van der Waals surface area (Å²) < 4.78 is 10.2. The second-order valence-electron chi connectivity index (χ2n) is 6.14. The molecular formula is C14H24O5. The first-order valence-electron chi connectivity index (χ1n) is 6.12. The summed E-state index contributed by atoms with van der Waals surface area (Å²) in [5, 5.41) is 9.05. The average Bonchev–Trinajstić information content (AvgIpc) is 2.32. The monoisotopic (exact) mass is 272 g/mol. The molecule has 0 spiro atoms. The largest absolute Gasteiger partial charge is 0.465 e. The van der Waals surface area contributed by atoms with Crippen LogP contribution in [0.25, 0.3) is 0 Å². The number of aliphatic hydroxyl groups is 1. The van der Waals surface area contributed by atoms with Gasteiger partial charge in [0.2, 0.25) is 0 Å². The lowest BCUT2D eigenvalue weighted by Crippen LogP contribution is -2.35. The maximum absolute atomic E-state index is 11.7. The van der Waals surface area contributed by atoms with Crippen molar-refractivity contribution in [1.82, 2.24) is 0 Å². The Morgan fingerprint density at radius 1 is 1.11 bits per heavy atom. The molecule has 0 aliphatic carbocycles. The van der Waals surface area contributed by atoms with E-state index in [2.05, 4.69) is 6.58 Å². The van der Waals surface area contributed by atoms with Crippen molar-refractivity contribution < 1.29 is 24.2 Å². The molecule has 0 aliphatic heterocycles. The van der Waals surface area contributed by atoms with Crippen LogP contribution in [-0.2, 0) is 19.1 Å². The van der Waals surface area contributed by atoms with Gasteiger partial charge in [0.15, 0.2) is 0 Å². The number of hydrogen-bond donors (Lipinski definition) is 1. The van der Waals surface area contributed by atoms with E-state index in [-0.39, 0.29) is 19.8 Å². The molecule has 5 nitrogen and oxygen atoms in total. The first-order valence-corrected chi connectivity index (χ1v) is 6.12. The maximum Gasteiger partial charge on any atom is 0.333 e. The summed E-state index contributed by atoms with van der Waals surface area (Å²) in [4.78, 5) is 23.0. The topological polar surface area (TPSA) is 72.8 Å². The van der Waals surface area contributed by atoms with Gasteiger partial charge in [0.1, 0.15) is 0 Å². The number of carbonyl (C=O) groups excluding carboxylic acids is 2. The molecule has 0 aromatic carbocycles. The predicted molar refractivity (Wildman–Crippen MR) is 71.4 cm³/mol. The third kappa shape index (κ3) is 6.38. The molecule has 0 fully saturated rings. The van der Waals surface area contributed by atoms with Crippen LogP contribution in [0.3, 0.4) is 0 Å². The Morgan fingerprint density at radius 3 is 2.00 bits per heavy atom. The van der Waals surface area contributed by atoms with Crippen molar-refractivity contribution in [2.75, 3.05) is 19.8 Å². The van der Waals surface area contributed by atoms with E-state index in [1.807, 2.05) is 13.8 Å². The van der Waals surface area contributed by atoms with Crippen molar-refractivity contribution in [3.05, 3.63) is 12.2 Å². The van der Waals surface area contributed by atoms with Gasteiger partial charge in [0.05, 0.1) is 25.2 Å². The molecule has 0 unspecified atom stereocenters. The van der Waals surface area contributed by atoms with Gasteiger partial charge < -0.3 is 14.6 Å². The van der Waals surface area contributed by atoms with Crippen LogP contribution in [0.15, 0.2) is 12.2 Å². The summed E-state index contributed by atoms with van der Waals surface area (Å²) in [5.41, 5.74) is -1.09. The van der Waals surface area contributed by atoms with Crippen molar-refractivity contribution in [1.29, 1.82) is 0 Å². The zero-order valence-electron chi connectivity index (χ0n) is 12.4. The fourth-order valence-electron chi connectivity index (χ4n) is 0.947. The van der Waals surface area contributed by atoms with E-state index in [1.165, 1.54) is 0 Å². The van der Waals surface area contributed by atoms with E-state index < -0.39 is 22.8 Å². The number of esters is 2. The highest BCUT2D eigenvalue weighted by molar-refractivity contribution is 5.86. The highest BCUT2D eigenvalue weighted by Gasteiger charge is 2.31. The molecule has 5 heteroatoms. The lowest BCUT2D eigenvalue weighted by Gasteiger charge is -2.26. The van der Waals surface area contributed by atoms with E-state index in [1.54, 1.807) is 20.8 Å². The van der Waals surface area contributed by atoms with E-state index in [0.29, 0.717) is 5.57 Å². The number of rotatable bonds is 7. The number of aliphatic hydroxyl groups excluding tert-OH is 1. The van der Waals surface area contributed by atoms with Gasteiger partial charge in [-0.2, -0.15) is 0 Å². The predicted octanol–water partition coefficient (Wildman–Crippen LogP) is 1.69. The number of carbonyl (C=O) groups is 2. The number of hydrogen-bond acceptors (Lipinski definition) is 5. The Bertz CT molecular complexity index is 355. The lowest BCUT2D eigenvalue weighted by molar-refractivity contribution is -0.161. The molecule has 0 saturated carbocycles. The highest BCUT2D eigenvalue weighted by atomic mass is 16.5. The molecule has 0 aliphatic rings. The molecule has 0 amide bonds. The third-order valence-corrected chi connectivity index (χ3v) is 2.48. The fourth-order valence-corrected chi connectivity index (χ4v) is 0.947. The van der Waals surface area contributed by atoms with Crippen LogP contribution < -0.4 is 0 Å². The van der Waals surface area contributed by atoms with Gasteiger partial charge in [0, 0.05) is 11.0 Å². The summed E-state index contributed by atoms with van der Waals surface area (Å²) in [6.45, 7) is 11.8. The molecule has 0 aromatic heterocycles. The van der Waals surface area contributed by atoms with Gasteiger partial charge >= 0.3 is 11.9 Å². The molecule has 0 atom stereocenters. The molecule has 0 bridgehead atoms. The van der Waals surface area contributed by atoms with Crippen molar-refractivity contribution in [3.8, 4) is 0 Å². The van der Waals surface area contributed by atoms with Gasteiger partial charge in [-0.1, -0.05) is 20.4 Å². The Morgan fingerprint density at radius 2 is 1.58 bits per heavy atom. The normalized spacial score (nSPS) is 11.9. The molecule has 0 saturated heterocycles. The standard InChI is InChI=1S/C14H24O5/c1-10(2)11(16)18-8-13(3,4)9-19-12(17)14(5,6)7-15/h15H,1,7-9H2,2-6H3. The van der Waals surface area contributed by atoms with Crippen molar-refractivity contribution in [2.24, 2.45) is 10.8 Å². The Balaban J connectivity index is 4.28. The molecule has 110 valence electrons.